The van der Waals surface area contributed by atoms with Crippen molar-refractivity contribution in [3.05, 3.63) is 0 Å². The molecule has 1 N–H and O–H groups in total. The zero-order valence-electron chi connectivity index (χ0n) is 9.45. The van der Waals surface area contributed by atoms with Crippen LogP contribution in [0.2, 0.25) is 0 Å². The number of likely N-dealkylation sites (tertiary alicyclic amines) is 1. The molecule has 82 valence electrons. The molecule has 2 nitrogen and oxygen atoms in total. The summed E-state index contributed by atoms with van der Waals surface area (Å²) in [6, 6.07) is 1.15. The Labute approximate surface area is 87.3 Å². The van der Waals surface area contributed by atoms with Crippen LogP contribution in [0.3, 0.4) is 0 Å². The van der Waals surface area contributed by atoms with Crippen LogP contribution in [0.5, 0.6) is 0 Å². The van der Waals surface area contributed by atoms with Crippen LogP contribution >= 0.6 is 0 Å². The van der Waals surface area contributed by atoms with Crippen molar-refractivity contribution in [3.8, 4) is 0 Å². The minimum atomic E-state index is -0.0530. The van der Waals surface area contributed by atoms with Gasteiger partial charge in [-0.1, -0.05) is 6.92 Å². The van der Waals surface area contributed by atoms with E-state index in [9.17, 15) is 5.11 Å². The lowest BCUT2D eigenvalue weighted by atomic mass is 9.93. The molecule has 14 heavy (non-hydrogen) atoms. The Balaban J connectivity index is 2.00. The summed E-state index contributed by atoms with van der Waals surface area (Å²) >= 11 is 0. The van der Waals surface area contributed by atoms with Crippen molar-refractivity contribution in [2.45, 2.75) is 64.1 Å². The van der Waals surface area contributed by atoms with Crippen LogP contribution in [0.15, 0.2) is 0 Å². The predicted molar refractivity (Wildman–Crippen MR) is 58.2 cm³/mol. The highest BCUT2D eigenvalue weighted by Crippen LogP contribution is 2.31. The fourth-order valence-electron chi connectivity index (χ4n) is 3.09. The lowest BCUT2D eigenvalue weighted by Crippen LogP contribution is -2.50. The average Bonchev–Trinajstić information content (AvgIpc) is 2.56. The van der Waals surface area contributed by atoms with Gasteiger partial charge in [0.2, 0.25) is 0 Å². The lowest BCUT2D eigenvalue weighted by molar-refractivity contribution is 0.0161. The van der Waals surface area contributed by atoms with E-state index in [0.29, 0.717) is 12.1 Å². The van der Waals surface area contributed by atoms with Gasteiger partial charge in [-0.05, 0) is 44.9 Å². The molecule has 0 spiro atoms. The van der Waals surface area contributed by atoms with Gasteiger partial charge in [-0.3, -0.25) is 4.90 Å². The fourth-order valence-corrected chi connectivity index (χ4v) is 3.09. The molecule has 0 aromatic heterocycles. The fraction of sp³-hybridized carbons (Fsp3) is 1.00. The molecule has 4 unspecified atom stereocenters. The van der Waals surface area contributed by atoms with Gasteiger partial charge in [0.1, 0.15) is 0 Å². The third-order valence-corrected chi connectivity index (χ3v) is 4.04. The number of hydrogen-bond donors (Lipinski definition) is 1. The highest BCUT2D eigenvalue weighted by Gasteiger charge is 2.35. The van der Waals surface area contributed by atoms with Crippen LogP contribution in [0.25, 0.3) is 0 Å². The number of piperidine rings is 1. The predicted octanol–water partition coefficient (Wildman–Crippen LogP) is 2.02. The highest BCUT2D eigenvalue weighted by atomic mass is 16.3. The molecule has 0 bridgehead atoms. The molecule has 0 aromatic carbocycles. The van der Waals surface area contributed by atoms with Gasteiger partial charge in [-0.2, -0.15) is 0 Å². The zero-order valence-corrected chi connectivity index (χ0v) is 9.45. The standard InChI is InChI=1S/C12H23NO/c1-9-6-7-10(2)13(8-9)11-4-3-5-12(11)14/h9-12,14H,3-8H2,1-2H3. The third kappa shape index (κ3) is 1.96. The van der Waals surface area contributed by atoms with Gasteiger partial charge < -0.3 is 5.11 Å². The Morgan fingerprint density at radius 3 is 2.50 bits per heavy atom. The van der Waals surface area contributed by atoms with E-state index in [2.05, 4.69) is 18.7 Å². The monoisotopic (exact) mass is 197 g/mol. The molecule has 2 heteroatoms. The number of rotatable bonds is 1. The van der Waals surface area contributed by atoms with Gasteiger partial charge in [0.15, 0.2) is 0 Å². The van der Waals surface area contributed by atoms with Gasteiger partial charge in [0, 0.05) is 18.6 Å². The largest absolute Gasteiger partial charge is 0.391 e. The number of nitrogens with zero attached hydrogens (tertiary/aromatic N) is 1. The Hall–Kier alpha value is -0.0800. The van der Waals surface area contributed by atoms with Crippen molar-refractivity contribution >= 4 is 0 Å². The first-order valence-electron chi connectivity index (χ1n) is 6.12. The van der Waals surface area contributed by atoms with Crippen molar-refractivity contribution in [2.24, 2.45) is 5.92 Å². The third-order valence-electron chi connectivity index (χ3n) is 4.04. The highest BCUT2D eigenvalue weighted by molar-refractivity contribution is 4.90. The van der Waals surface area contributed by atoms with E-state index >= 15 is 0 Å². The summed E-state index contributed by atoms with van der Waals surface area (Å²) < 4.78 is 0. The smallest absolute Gasteiger partial charge is 0.0695 e. The van der Waals surface area contributed by atoms with Gasteiger partial charge >= 0.3 is 0 Å². The number of aliphatic hydroxyl groups is 1. The summed E-state index contributed by atoms with van der Waals surface area (Å²) in [5.74, 6) is 0.819. The summed E-state index contributed by atoms with van der Waals surface area (Å²) in [6.07, 6.45) is 6.05. The molecule has 0 aromatic rings. The van der Waals surface area contributed by atoms with E-state index in [-0.39, 0.29) is 6.10 Å². The SMILES string of the molecule is CC1CCC(C)N(C2CCCC2O)C1. The van der Waals surface area contributed by atoms with Crippen LogP contribution in [-0.4, -0.2) is 34.7 Å². The van der Waals surface area contributed by atoms with E-state index in [0.717, 1.165) is 12.3 Å². The van der Waals surface area contributed by atoms with Crippen LogP contribution in [-0.2, 0) is 0 Å². The minimum absolute atomic E-state index is 0.0530. The van der Waals surface area contributed by atoms with Crippen LogP contribution in [0.4, 0.5) is 0 Å². The Kier molecular flexibility index (Phi) is 3.13. The maximum absolute atomic E-state index is 9.90. The van der Waals surface area contributed by atoms with E-state index in [4.69, 9.17) is 0 Å². The van der Waals surface area contributed by atoms with E-state index in [1.807, 2.05) is 0 Å². The lowest BCUT2D eigenvalue weighted by Gasteiger charge is -2.41. The molecule has 0 amide bonds. The summed E-state index contributed by atoms with van der Waals surface area (Å²) in [5, 5.41) is 9.90. The van der Waals surface area contributed by atoms with E-state index < -0.39 is 0 Å². The summed E-state index contributed by atoms with van der Waals surface area (Å²) in [7, 11) is 0. The molecule has 2 rings (SSSR count). The summed E-state index contributed by atoms with van der Waals surface area (Å²) in [4.78, 5) is 2.56. The van der Waals surface area contributed by atoms with Gasteiger partial charge in [-0.15, -0.1) is 0 Å². The molecule has 1 aliphatic carbocycles. The quantitative estimate of drug-likeness (QED) is 0.695. The number of hydrogen-bond acceptors (Lipinski definition) is 2. The average molecular weight is 197 g/mol. The van der Waals surface area contributed by atoms with Crippen molar-refractivity contribution < 1.29 is 5.11 Å². The molecule has 1 saturated heterocycles. The van der Waals surface area contributed by atoms with Gasteiger partial charge in [0.25, 0.3) is 0 Å². The van der Waals surface area contributed by atoms with Crippen molar-refractivity contribution in [2.75, 3.05) is 6.54 Å². The molecule has 2 aliphatic rings. The van der Waals surface area contributed by atoms with E-state index in [1.165, 1.54) is 32.2 Å². The van der Waals surface area contributed by atoms with Crippen molar-refractivity contribution in [1.29, 1.82) is 0 Å². The van der Waals surface area contributed by atoms with Gasteiger partial charge in [0.05, 0.1) is 6.10 Å². The maximum atomic E-state index is 9.90. The topological polar surface area (TPSA) is 23.5 Å². The van der Waals surface area contributed by atoms with Crippen LogP contribution in [0, 0.1) is 5.92 Å². The molecule has 4 atom stereocenters. The Bertz CT molecular complexity index is 195. The molecular weight excluding hydrogens is 174 g/mol. The first-order valence-corrected chi connectivity index (χ1v) is 6.12. The second-order valence-corrected chi connectivity index (χ2v) is 5.29. The Morgan fingerprint density at radius 1 is 1.07 bits per heavy atom. The first-order chi connectivity index (χ1) is 6.68. The summed E-state index contributed by atoms with van der Waals surface area (Å²) in [6.45, 7) is 5.85. The number of aliphatic hydroxyl groups excluding tert-OH is 1. The van der Waals surface area contributed by atoms with E-state index in [1.54, 1.807) is 0 Å². The normalized spacial score (nSPS) is 45.6. The Morgan fingerprint density at radius 2 is 1.86 bits per heavy atom. The second kappa shape index (κ2) is 4.19. The van der Waals surface area contributed by atoms with Crippen LogP contribution < -0.4 is 0 Å². The molecule has 1 aliphatic heterocycles. The van der Waals surface area contributed by atoms with Crippen molar-refractivity contribution in [3.63, 3.8) is 0 Å². The molecule has 0 radical (unpaired) electrons. The molecule has 1 heterocycles. The molecular formula is C12H23NO. The first kappa shape index (κ1) is 10.4. The summed E-state index contributed by atoms with van der Waals surface area (Å²) in [5.41, 5.74) is 0. The minimum Gasteiger partial charge on any atom is -0.391 e. The zero-order chi connectivity index (χ0) is 10.1. The molecule has 2 fully saturated rings. The van der Waals surface area contributed by atoms with Gasteiger partial charge in [-0.25, -0.2) is 0 Å². The van der Waals surface area contributed by atoms with Crippen molar-refractivity contribution in [1.82, 2.24) is 4.90 Å². The maximum Gasteiger partial charge on any atom is 0.0695 e. The van der Waals surface area contributed by atoms with Crippen LogP contribution in [0.1, 0.15) is 46.0 Å². The second-order valence-electron chi connectivity index (χ2n) is 5.29. The molecule has 1 saturated carbocycles.